The van der Waals surface area contributed by atoms with Crippen molar-refractivity contribution in [3.05, 3.63) is 23.8 Å². The van der Waals surface area contributed by atoms with Crippen molar-refractivity contribution in [1.29, 1.82) is 0 Å². The first kappa shape index (κ1) is 14.8. The zero-order chi connectivity index (χ0) is 14.6. The van der Waals surface area contributed by atoms with Crippen LogP contribution in [0.5, 0.6) is 5.75 Å². The third-order valence-electron chi connectivity index (χ3n) is 2.55. The quantitative estimate of drug-likeness (QED) is 0.647. The summed E-state index contributed by atoms with van der Waals surface area (Å²) >= 11 is 0. The number of nitrogens with two attached hydrogens (primary N) is 1. The van der Waals surface area contributed by atoms with E-state index in [0.29, 0.717) is 5.75 Å². The minimum atomic E-state index is -0.883. The van der Waals surface area contributed by atoms with Crippen molar-refractivity contribution in [2.75, 3.05) is 26.9 Å². The average molecular weight is 266 g/mol. The van der Waals surface area contributed by atoms with Crippen molar-refractivity contribution in [3.63, 3.8) is 0 Å². The Bertz CT molecular complexity index is 486. The smallest absolute Gasteiger partial charge is 0.344 e. The van der Waals surface area contributed by atoms with Gasteiger partial charge in [0.2, 0.25) is 0 Å². The molecular formula is C13H18N2O4. The van der Waals surface area contributed by atoms with Crippen LogP contribution in [0.4, 0.5) is 5.69 Å². The monoisotopic (exact) mass is 266 g/mol. The van der Waals surface area contributed by atoms with Crippen LogP contribution < -0.4 is 10.5 Å². The fourth-order valence-electron chi connectivity index (χ4n) is 1.57. The van der Waals surface area contributed by atoms with Gasteiger partial charge in [0.1, 0.15) is 11.3 Å². The van der Waals surface area contributed by atoms with Crippen LogP contribution in [0.15, 0.2) is 18.2 Å². The molecule has 0 aromatic heterocycles. The summed E-state index contributed by atoms with van der Waals surface area (Å²) in [5, 5.41) is 0. The van der Waals surface area contributed by atoms with E-state index in [1.54, 1.807) is 32.3 Å². The fourth-order valence-corrected chi connectivity index (χ4v) is 1.57. The van der Waals surface area contributed by atoms with Crippen molar-refractivity contribution < 1.29 is 19.1 Å². The van der Waals surface area contributed by atoms with Crippen LogP contribution in [0.3, 0.4) is 0 Å². The highest BCUT2D eigenvalue weighted by atomic mass is 16.5. The van der Waals surface area contributed by atoms with Gasteiger partial charge in [0.05, 0.1) is 7.11 Å². The fraction of sp³-hybridized carbons (Fsp3) is 0.385. The standard InChI is InChI=1S/C13H18N2O4/c1-8(12(16)15(2)3)19-13(17)11-9(14)6-5-7-10(11)18-4/h5-8H,14H2,1-4H3. The summed E-state index contributed by atoms with van der Waals surface area (Å²) in [5.74, 6) is -0.672. The van der Waals surface area contributed by atoms with Gasteiger partial charge < -0.3 is 20.1 Å². The summed E-state index contributed by atoms with van der Waals surface area (Å²) in [7, 11) is 4.61. The molecule has 19 heavy (non-hydrogen) atoms. The predicted molar refractivity (Wildman–Crippen MR) is 71.0 cm³/mol. The molecule has 1 amide bonds. The molecule has 0 spiro atoms. The second-order valence-corrected chi connectivity index (χ2v) is 4.20. The van der Waals surface area contributed by atoms with Crippen molar-refractivity contribution in [1.82, 2.24) is 4.90 Å². The van der Waals surface area contributed by atoms with E-state index in [0.717, 1.165) is 0 Å². The largest absolute Gasteiger partial charge is 0.496 e. The van der Waals surface area contributed by atoms with E-state index in [-0.39, 0.29) is 17.2 Å². The Labute approximate surface area is 112 Å². The summed E-state index contributed by atoms with van der Waals surface area (Å²) < 4.78 is 10.2. The highest BCUT2D eigenvalue weighted by molar-refractivity contribution is 5.99. The Morgan fingerprint density at radius 2 is 1.95 bits per heavy atom. The van der Waals surface area contributed by atoms with E-state index >= 15 is 0 Å². The van der Waals surface area contributed by atoms with Gasteiger partial charge in [0.15, 0.2) is 6.10 Å². The minimum absolute atomic E-state index is 0.128. The Morgan fingerprint density at radius 1 is 1.32 bits per heavy atom. The van der Waals surface area contributed by atoms with E-state index in [2.05, 4.69) is 0 Å². The number of methoxy groups -OCH3 is 1. The van der Waals surface area contributed by atoms with Crippen LogP contribution in [0.1, 0.15) is 17.3 Å². The van der Waals surface area contributed by atoms with Gasteiger partial charge in [0.25, 0.3) is 5.91 Å². The minimum Gasteiger partial charge on any atom is -0.496 e. The van der Waals surface area contributed by atoms with Crippen molar-refractivity contribution in [3.8, 4) is 5.75 Å². The molecule has 1 atom stereocenters. The van der Waals surface area contributed by atoms with Gasteiger partial charge in [0, 0.05) is 19.8 Å². The number of esters is 1. The van der Waals surface area contributed by atoms with E-state index < -0.39 is 12.1 Å². The van der Waals surface area contributed by atoms with Crippen LogP contribution in [0.2, 0.25) is 0 Å². The highest BCUT2D eigenvalue weighted by Crippen LogP contribution is 2.25. The molecule has 6 heteroatoms. The molecule has 0 heterocycles. The lowest BCUT2D eigenvalue weighted by Gasteiger charge is -2.18. The zero-order valence-corrected chi connectivity index (χ0v) is 11.5. The molecule has 6 nitrogen and oxygen atoms in total. The van der Waals surface area contributed by atoms with Crippen molar-refractivity contribution in [2.24, 2.45) is 0 Å². The van der Waals surface area contributed by atoms with Crippen LogP contribution >= 0.6 is 0 Å². The first-order valence-electron chi connectivity index (χ1n) is 5.73. The van der Waals surface area contributed by atoms with Gasteiger partial charge in [-0.05, 0) is 19.1 Å². The molecule has 0 bridgehead atoms. The summed E-state index contributed by atoms with van der Waals surface area (Å²) in [6.45, 7) is 1.51. The molecular weight excluding hydrogens is 248 g/mol. The second kappa shape index (κ2) is 6.08. The number of hydrogen-bond acceptors (Lipinski definition) is 5. The zero-order valence-electron chi connectivity index (χ0n) is 11.5. The molecule has 1 unspecified atom stereocenters. The van der Waals surface area contributed by atoms with Gasteiger partial charge in [-0.15, -0.1) is 0 Å². The molecule has 0 radical (unpaired) electrons. The molecule has 2 N–H and O–H groups in total. The molecule has 0 saturated heterocycles. The molecule has 0 fully saturated rings. The van der Waals surface area contributed by atoms with Gasteiger partial charge in [-0.2, -0.15) is 0 Å². The van der Waals surface area contributed by atoms with Gasteiger partial charge in [-0.25, -0.2) is 4.79 Å². The molecule has 104 valence electrons. The number of carbonyl (C=O) groups is 2. The summed E-state index contributed by atoms with van der Waals surface area (Å²) in [6.07, 6.45) is -0.883. The number of carbonyl (C=O) groups excluding carboxylic acids is 2. The van der Waals surface area contributed by atoms with E-state index in [4.69, 9.17) is 15.2 Å². The van der Waals surface area contributed by atoms with Gasteiger partial charge in [-0.1, -0.05) is 6.07 Å². The SMILES string of the molecule is COc1cccc(N)c1C(=O)OC(C)C(=O)N(C)C. The Morgan fingerprint density at radius 3 is 2.47 bits per heavy atom. The first-order chi connectivity index (χ1) is 8.88. The number of likely N-dealkylation sites (N-methyl/N-ethyl adjacent to an activating group) is 1. The van der Waals surface area contributed by atoms with Crippen LogP contribution in [-0.4, -0.2) is 44.1 Å². The molecule has 0 saturated carbocycles. The topological polar surface area (TPSA) is 81.9 Å². The van der Waals surface area contributed by atoms with Crippen molar-refractivity contribution >= 4 is 17.6 Å². The third kappa shape index (κ3) is 3.37. The number of benzene rings is 1. The molecule has 0 aliphatic carbocycles. The molecule has 0 aliphatic rings. The maximum Gasteiger partial charge on any atom is 0.344 e. The van der Waals surface area contributed by atoms with Gasteiger partial charge in [-0.3, -0.25) is 4.79 Å². The lowest BCUT2D eigenvalue weighted by molar-refractivity contribution is -0.137. The van der Waals surface area contributed by atoms with Crippen LogP contribution in [-0.2, 0) is 9.53 Å². The number of hydrogen-bond donors (Lipinski definition) is 1. The maximum absolute atomic E-state index is 12.0. The van der Waals surface area contributed by atoms with E-state index in [9.17, 15) is 9.59 Å². The summed E-state index contributed by atoms with van der Waals surface area (Å²) in [5.41, 5.74) is 6.11. The second-order valence-electron chi connectivity index (χ2n) is 4.20. The molecule has 1 rings (SSSR count). The lowest BCUT2D eigenvalue weighted by Crippen LogP contribution is -2.35. The molecule has 1 aromatic rings. The Hall–Kier alpha value is -2.24. The maximum atomic E-state index is 12.0. The summed E-state index contributed by atoms with van der Waals surface area (Å²) in [4.78, 5) is 25.0. The van der Waals surface area contributed by atoms with Crippen molar-refractivity contribution in [2.45, 2.75) is 13.0 Å². The number of ether oxygens (including phenoxy) is 2. The predicted octanol–water partition coefficient (Wildman–Crippen LogP) is 0.911. The number of nitrogen functional groups attached to an aromatic ring is 1. The third-order valence-corrected chi connectivity index (χ3v) is 2.55. The first-order valence-corrected chi connectivity index (χ1v) is 5.73. The Kier molecular flexibility index (Phi) is 4.74. The van der Waals surface area contributed by atoms with E-state index in [1.807, 2.05) is 0 Å². The number of anilines is 1. The lowest BCUT2D eigenvalue weighted by atomic mass is 10.1. The average Bonchev–Trinajstić information content (AvgIpc) is 2.36. The van der Waals surface area contributed by atoms with E-state index in [1.165, 1.54) is 18.9 Å². The van der Waals surface area contributed by atoms with Crippen LogP contribution in [0, 0.1) is 0 Å². The normalized spacial score (nSPS) is 11.6. The number of nitrogens with zero attached hydrogens (tertiary/aromatic N) is 1. The van der Waals surface area contributed by atoms with Gasteiger partial charge >= 0.3 is 5.97 Å². The Balaban J connectivity index is 2.93. The number of amides is 1. The van der Waals surface area contributed by atoms with Crippen LogP contribution in [0.25, 0.3) is 0 Å². The molecule has 1 aromatic carbocycles. The number of rotatable bonds is 4. The summed E-state index contributed by atoms with van der Waals surface area (Å²) in [6, 6.07) is 4.84. The highest BCUT2D eigenvalue weighted by Gasteiger charge is 2.23. The molecule has 0 aliphatic heterocycles.